The van der Waals surface area contributed by atoms with Gasteiger partial charge in [0.2, 0.25) is 0 Å². The Bertz CT molecular complexity index is 1700. The summed E-state index contributed by atoms with van der Waals surface area (Å²) in [6.07, 6.45) is 6.79. The fourth-order valence-electron chi connectivity index (χ4n) is 5.28. The molecule has 1 aromatic carbocycles. The van der Waals surface area contributed by atoms with Crippen molar-refractivity contribution < 1.29 is 22.7 Å². The molecular weight excluding hydrogens is 615 g/mol. The van der Waals surface area contributed by atoms with Crippen molar-refractivity contribution in [2.24, 2.45) is 5.92 Å². The van der Waals surface area contributed by atoms with Crippen molar-refractivity contribution in [1.82, 2.24) is 19.4 Å². The lowest BCUT2D eigenvalue weighted by atomic mass is 9.95. The number of hydrogen-bond acceptors (Lipinski definition) is 9. The quantitative estimate of drug-likeness (QED) is 0.147. The fourth-order valence-corrected chi connectivity index (χ4v) is 7.79. The number of hydrogen-bond donors (Lipinski definition) is 1. The molecular formula is C31H41N5O5S2Si. The molecule has 1 fully saturated rings. The molecule has 4 aromatic rings. The van der Waals surface area contributed by atoms with Gasteiger partial charge >= 0.3 is 6.09 Å². The number of fused-ring (bicyclic) bond motifs is 1. The number of amides is 1. The number of piperidine rings is 1. The topological polar surface area (TPSA) is 116 Å². The van der Waals surface area contributed by atoms with Crippen LogP contribution in [0, 0.1) is 5.92 Å². The summed E-state index contributed by atoms with van der Waals surface area (Å²) in [5.41, 5.74) is 3.22. The third-order valence-corrected chi connectivity index (χ3v) is 12.1. The second-order valence-electron chi connectivity index (χ2n) is 12.8. The van der Waals surface area contributed by atoms with Gasteiger partial charge in [0.25, 0.3) is 0 Å². The average molecular weight is 656 g/mol. The van der Waals surface area contributed by atoms with Crippen LogP contribution >= 0.6 is 11.3 Å². The van der Waals surface area contributed by atoms with Gasteiger partial charge in [-0.3, -0.25) is 0 Å². The number of thiazole rings is 1. The molecule has 10 nitrogen and oxygen atoms in total. The van der Waals surface area contributed by atoms with E-state index < -0.39 is 17.9 Å². The van der Waals surface area contributed by atoms with E-state index in [1.807, 2.05) is 47.2 Å². The van der Waals surface area contributed by atoms with Crippen LogP contribution in [0.3, 0.4) is 0 Å². The summed E-state index contributed by atoms with van der Waals surface area (Å²) in [5, 5.41) is 5.15. The van der Waals surface area contributed by atoms with Crippen LogP contribution in [0.1, 0.15) is 18.9 Å². The Morgan fingerprint density at radius 1 is 1.11 bits per heavy atom. The number of sulfone groups is 1. The van der Waals surface area contributed by atoms with E-state index in [0.717, 1.165) is 46.1 Å². The molecule has 0 aliphatic carbocycles. The number of carbonyl (C=O) groups excluding carboxylic acids is 1. The van der Waals surface area contributed by atoms with E-state index in [9.17, 15) is 13.2 Å². The number of nitrogens with one attached hydrogen (secondary N) is 1. The van der Waals surface area contributed by atoms with Crippen molar-refractivity contribution in [3.8, 4) is 10.6 Å². The molecule has 13 heteroatoms. The summed E-state index contributed by atoms with van der Waals surface area (Å²) in [6, 6.07) is 12.7. The minimum absolute atomic E-state index is 0.0712. The van der Waals surface area contributed by atoms with Gasteiger partial charge in [-0.25, -0.2) is 23.2 Å². The maximum atomic E-state index is 13.1. The van der Waals surface area contributed by atoms with Crippen LogP contribution in [-0.2, 0) is 32.6 Å². The van der Waals surface area contributed by atoms with Crippen molar-refractivity contribution in [3.05, 3.63) is 60.6 Å². The molecule has 1 aliphatic heterocycles. The Hall–Kier alpha value is -3.26. The molecule has 0 unspecified atom stereocenters. The van der Waals surface area contributed by atoms with Crippen LogP contribution in [0.5, 0.6) is 0 Å². The molecule has 0 radical (unpaired) electrons. The van der Waals surface area contributed by atoms with Crippen molar-refractivity contribution in [2.45, 2.75) is 62.6 Å². The zero-order valence-corrected chi connectivity index (χ0v) is 28.6. The molecule has 236 valence electrons. The first-order chi connectivity index (χ1) is 20.9. The van der Waals surface area contributed by atoms with Gasteiger partial charge in [0.1, 0.15) is 28.2 Å². The summed E-state index contributed by atoms with van der Waals surface area (Å²) in [7, 11) is -4.61. The van der Waals surface area contributed by atoms with Crippen molar-refractivity contribution in [2.75, 3.05) is 31.3 Å². The molecule has 0 bridgehead atoms. The Kier molecular flexibility index (Phi) is 9.78. The highest BCUT2D eigenvalue weighted by molar-refractivity contribution is 7.92. The number of anilines is 1. The Morgan fingerprint density at radius 2 is 1.89 bits per heavy atom. The van der Waals surface area contributed by atoms with Crippen LogP contribution in [0.2, 0.25) is 25.7 Å². The van der Waals surface area contributed by atoms with E-state index in [1.165, 1.54) is 12.5 Å². The van der Waals surface area contributed by atoms with E-state index in [0.29, 0.717) is 37.0 Å². The molecule has 4 heterocycles. The first-order valence-corrected chi connectivity index (χ1v) is 21.2. The van der Waals surface area contributed by atoms with E-state index in [-0.39, 0.29) is 28.9 Å². The predicted molar refractivity (Wildman–Crippen MR) is 177 cm³/mol. The number of nitrogens with zero attached hydrogens (tertiary/aromatic N) is 4. The molecule has 1 saturated heterocycles. The molecule has 1 aliphatic rings. The minimum atomic E-state index is -3.40. The molecule has 5 rings (SSSR count). The van der Waals surface area contributed by atoms with Crippen molar-refractivity contribution in [3.63, 3.8) is 0 Å². The maximum Gasteiger partial charge on any atom is 0.410 e. The van der Waals surface area contributed by atoms with Crippen LogP contribution in [0.15, 0.2) is 59.2 Å². The van der Waals surface area contributed by atoms with E-state index in [2.05, 4.69) is 36.9 Å². The van der Waals surface area contributed by atoms with Gasteiger partial charge in [0, 0.05) is 57.8 Å². The lowest BCUT2D eigenvalue weighted by molar-refractivity contribution is 0.0784. The summed E-state index contributed by atoms with van der Waals surface area (Å²) in [4.78, 5) is 24.1. The molecule has 0 spiro atoms. The Balaban J connectivity index is 1.41. The number of rotatable bonds is 11. The zero-order chi connectivity index (χ0) is 31.5. The molecule has 1 amide bonds. The summed E-state index contributed by atoms with van der Waals surface area (Å²) < 4.78 is 38.3. The third kappa shape index (κ3) is 8.06. The fraction of sp³-hybridized carbons (Fsp3) is 0.452. The first kappa shape index (κ1) is 32.1. The van der Waals surface area contributed by atoms with Crippen molar-refractivity contribution in [1.29, 1.82) is 0 Å². The van der Waals surface area contributed by atoms with Gasteiger partial charge in [0.15, 0.2) is 9.84 Å². The number of likely N-dealkylation sites (tertiary alicyclic amines) is 1. The highest BCUT2D eigenvalue weighted by atomic mass is 32.2. The van der Waals surface area contributed by atoms with Crippen molar-refractivity contribution >= 4 is 52.1 Å². The average Bonchev–Trinajstić information content (AvgIpc) is 3.62. The zero-order valence-electron chi connectivity index (χ0n) is 25.9. The summed E-state index contributed by atoms with van der Waals surface area (Å²) in [6.45, 7) is 11.5. The van der Waals surface area contributed by atoms with Crippen LogP contribution in [0.4, 0.5) is 10.5 Å². The standard InChI is InChI=1S/C31H41N5O5S2Si/c1-22-15-24(19-36(18-22)31(37)41-20-23-9-7-6-8-10-23)34-28-25-11-12-35(21-40-13-14-44(3,4)5)29(25)32-16-26(28)30-33-17-27(42-30)43(2,38)39/h6-12,16-17,22,24H,13-15,18-21H2,1-5H3,(H,32,34)/t22-,24+/m0/s1. The van der Waals surface area contributed by atoms with Gasteiger partial charge in [-0.05, 0) is 30.0 Å². The maximum absolute atomic E-state index is 13.1. The summed E-state index contributed by atoms with van der Waals surface area (Å²) >= 11 is 1.12. The van der Waals surface area contributed by atoms with Gasteiger partial charge in [-0.1, -0.05) is 56.9 Å². The number of carbonyl (C=O) groups is 1. The molecule has 44 heavy (non-hydrogen) atoms. The monoisotopic (exact) mass is 655 g/mol. The Morgan fingerprint density at radius 3 is 2.59 bits per heavy atom. The SMILES string of the molecule is C[C@H]1C[C@@H](Nc2c(-c3ncc(S(C)(=O)=O)s3)cnc3c2ccn3COCC[Si](C)(C)C)CN(C(=O)OCc2ccccc2)C1. The smallest absolute Gasteiger partial charge is 0.410 e. The van der Waals surface area contributed by atoms with Crippen LogP contribution < -0.4 is 5.32 Å². The minimum Gasteiger partial charge on any atom is -0.445 e. The number of pyridine rings is 1. The number of benzene rings is 1. The molecule has 3 aromatic heterocycles. The van der Waals surface area contributed by atoms with Gasteiger partial charge in [0.05, 0.1) is 17.4 Å². The second kappa shape index (κ2) is 13.4. The Labute approximate surface area is 264 Å². The first-order valence-electron chi connectivity index (χ1n) is 14.8. The normalized spacial score (nSPS) is 17.6. The lowest BCUT2D eigenvalue weighted by Gasteiger charge is -2.37. The van der Waals surface area contributed by atoms with E-state index in [1.54, 1.807) is 11.1 Å². The van der Waals surface area contributed by atoms with Crippen LogP contribution in [-0.4, -0.2) is 74.0 Å². The molecule has 1 N–H and O–H groups in total. The molecule has 0 saturated carbocycles. The highest BCUT2D eigenvalue weighted by Gasteiger charge is 2.30. The van der Waals surface area contributed by atoms with E-state index in [4.69, 9.17) is 14.5 Å². The predicted octanol–water partition coefficient (Wildman–Crippen LogP) is 6.33. The largest absolute Gasteiger partial charge is 0.445 e. The molecule has 2 atom stereocenters. The van der Waals surface area contributed by atoms with Gasteiger partial charge < -0.3 is 24.3 Å². The van der Waals surface area contributed by atoms with Gasteiger partial charge in [-0.15, -0.1) is 11.3 Å². The second-order valence-corrected chi connectivity index (χ2v) is 21.7. The third-order valence-electron chi connectivity index (χ3n) is 7.57. The highest BCUT2D eigenvalue weighted by Crippen LogP contribution is 2.38. The number of ether oxygens (including phenoxy) is 2. The summed E-state index contributed by atoms with van der Waals surface area (Å²) in [5.74, 6) is 0.243. The van der Waals surface area contributed by atoms with Gasteiger partial charge in [-0.2, -0.15) is 0 Å². The number of aromatic nitrogens is 3. The lowest BCUT2D eigenvalue weighted by Crippen LogP contribution is -2.48. The van der Waals surface area contributed by atoms with Crippen LogP contribution in [0.25, 0.3) is 21.6 Å². The van der Waals surface area contributed by atoms with E-state index >= 15 is 0 Å².